The topological polar surface area (TPSA) is 50.2 Å². The molecule has 1 N–H and O–H groups in total. The van der Waals surface area contributed by atoms with Crippen LogP contribution in [0.1, 0.15) is 25.2 Å². The highest BCUT2D eigenvalue weighted by atomic mass is 16.2. The van der Waals surface area contributed by atoms with Gasteiger partial charge in [0.05, 0.1) is 5.69 Å². The molecular weight excluding hydrogens is 228 g/mol. The molecule has 18 heavy (non-hydrogen) atoms. The average Bonchev–Trinajstić information content (AvgIpc) is 2.61. The Morgan fingerprint density at radius 2 is 2.22 bits per heavy atom. The Kier molecular flexibility index (Phi) is 3.71. The Morgan fingerprint density at radius 1 is 1.50 bits per heavy atom. The molecule has 0 bridgehead atoms. The van der Waals surface area contributed by atoms with Gasteiger partial charge < -0.3 is 10.2 Å². The number of aromatic nitrogens is 2. The molecule has 0 saturated carbocycles. The van der Waals surface area contributed by atoms with Crippen molar-refractivity contribution in [3.63, 3.8) is 0 Å². The molecule has 1 saturated heterocycles. The van der Waals surface area contributed by atoms with Crippen molar-refractivity contribution in [2.75, 3.05) is 13.1 Å². The van der Waals surface area contributed by atoms with Crippen molar-refractivity contribution in [3.8, 4) is 0 Å². The number of nitrogens with zero attached hydrogens (tertiary/aromatic N) is 3. The van der Waals surface area contributed by atoms with E-state index in [9.17, 15) is 4.79 Å². The van der Waals surface area contributed by atoms with E-state index in [-0.39, 0.29) is 11.9 Å². The largest absolute Gasteiger partial charge is 0.336 e. The zero-order chi connectivity index (χ0) is 13.3. The van der Waals surface area contributed by atoms with Gasteiger partial charge in [-0.2, -0.15) is 5.10 Å². The molecule has 1 aliphatic rings. The Bertz CT molecular complexity index is 440. The molecule has 2 rings (SSSR count). The first-order valence-corrected chi connectivity index (χ1v) is 6.51. The van der Waals surface area contributed by atoms with Gasteiger partial charge in [-0.05, 0) is 33.8 Å². The van der Waals surface area contributed by atoms with Crippen molar-refractivity contribution < 1.29 is 4.79 Å². The van der Waals surface area contributed by atoms with Gasteiger partial charge in [0.25, 0.3) is 0 Å². The van der Waals surface area contributed by atoms with Crippen LogP contribution in [0.15, 0.2) is 6.07 Å². The van der Waals surface area contributed by atoms with Crippen LogP contribution in [0, 0.1) is 13.8 Å². The highest BCUT2D eigenvalue weighted by molar-refractivity contribution is 5.76. The second kappa shape index (κ2) is 5.10. The third kappa shape index (κ3) is 2.72. The summed E-state index contributed by atoms with van der Waals surface area (Å²) in [6.07, 6.45) is 0. The number of carbonyl (C=O) groups is 1. The standard InChI is InChI=1S/C13H22N4O/c1-9-5-11(3)17(15-9)8-13(18)16-7-10(2)14-6-12(16)4/h5,10,12,14H,6-8H2,1-4H3. The average molecular weight is 250 g/mol. The smallest absolute Gasteiger partial charge is 0.244 e. The van der Waals surface area contributed by atoms with Crippen LogP contribution in [0.25, 0.3) is 0 Å². The Morgan fingerprint density at radius 3 is 2.83 bits per heavy atom. The van der Waals surface area contributed by atoms with Crippen LogP contribution >= 0.6 is 0 Å². The maximum atomic E-state index is 12.3. The van der Waals surface area contributed by atoms with Crippen molar-refractivity contribution in [2.24, 2.45) is 0 Å². The number of carbonyl (C=O) groups excluding carboxylic acids is 1. The SMILES string of the molecule is Cc1cc(C)n(CC(=O)N2CC(C)NCC2C)n1. The fourth-order valence-corrected chi connectivity index (χ4v) is 2.42. The van der Waals surface area contributed by atoms with Crippen LogP contribution in [-0.4, -0.2) is 45.8 Å². The normalized spacial score (nSPS) is 24.3. The predicted molar refractivity (Wildman–Crippen MR) is 70.3 cm³/mol. The molecule has 1 fully saturated rings. The summed E-state index contributed by atoms with van der Waals surface area (Å²) in [6, 6.07) is 2.62. The highest BCUT2D eigenvalue weighted by Gasteiger charge is 2.26. The lowest BCUT2D eigenvalue weighted by atomic mass is 10.1. The van der Waals surface area contributed by atoms with Crippen molar-refractivity contribution >= 4 is 5.91 Å². The molecule has 1 aliphatic heterocycles. The number of nitrogens with one attached hydrogen (secondary N) is 1. The van der Waals surface area contributed by atoms with Crippen molar-refractivity contribution in [1.29, 1.82) is 0 Å². The maximum Gasteiger partial charge on any atom is 0.244 e. The van der Waals surface area contributed by atoms with E-state index in [0.717, 1.165) is 24.5 Å². The van der Waals surface area contributed by atoms with E-state index >= 15 is 0 Å². The van der Waals surface area contributed by atoms with Crippen LogP contribution in [-0.2, 0) is 11.3 Å². The summed E-state index contributed by atoms with van der Waals surface area (Å²) in [5.74, 6) is 0.155. The molecule has 2 atom stereocenters. The van der Waals surface area contributed by atoms with E-state index in [1.807, 2.05) is 24.8 Å². The first-order chi connectivity index (χ1) is 8.47. The van der Waals surface area contributed by atoms with Crippen molar-refractivity contribution in [1.82, 2.24) is 20.0 Å². The second-order valence-corrected chi connectivity index (χ2v) is 5.29. The maximum absolute atomic E-state index is 12.3. The number of aryl methyl sites for hydroxylation is 2. The zero-order valence-corrected chi connectivity index (χ0v) is 11.6. The molecule has 100 valence electrons. The number of hydrogen-bond acceptors (Lipinski definition) is 3. The fourth-order valence-electron chi connectivity index (χ4n) is 2.42. The minimum atomic E-state index is 0.155. The van der Waals surface area contributed by atoms with Crippen molar-refractivity contribution in [3.05, 3.63) is 17.5 Å². The molecule has 1 amide bonds. The van der Waals surface area contributed by atoms with E-state index in [1.165, 1.54) is 0 Å². The minimum absolute atomic E-state index is 0.155. The Balaban J connectivity index is 2.05. The molecule has 2 unspecified atom stereocenters. The third-order valence-electron chi connectivity index (χ3n) is 3.47. The summed E-state index contributed by atoms with van der Waals surface area (Å²) in [6.45, 7) is 10.1. The lowest BCUT2D eigenvalue weighted by Crippen LogP contribution is -2.56. The van der Waals surface area contributed by atoms with Crippen molar-refractivity contribution in [2.45, 2.75) is 46.3 Å². The summed E-state index contributed by atoms with van der Waals surface area (Å²) in [5.41, 5.74) is 2.00. The molecule has 0 radical (unpaired) electrons. The number of hydrogen-bond donors (Lipinski definition) is 1. The lowest BCUT2D eigenvalue weighted by Gasteiger charge is -2.37. The van der Waals surface area contributed by atoms with E-state index in [2.05, 4.69) is 24.3 Å². The second-order valence-electron chi connectivity index (χ2n) is 5.29. The number of rotatable bonds is 2. The summed E-state index contributed by atoms with van der Waals surface area (Å²) < 4.78 is 1.79. The molecule has 0 aromatic carbocycles. The lowest BCUT2D eigenvalue weighted by molar-refractivity contribution is -0.135. The van der Waals surface area contributed by atoms with E-state index in [4.69, 9.17) is 0 Å². The number of amides is 1. The molecule has 1 aromatic heterocycles. The van der Waals surface area contributed by atoms with Gasteiger partial charge >= 0.3 is 0 Å². The molecule has 0 aliphatic carbocycles. The van der Waals surface area contributed by atoms with E-state index < -0.39 is 0 Å². The summed E-state index contributed by atoms with van der Waals surface area (Å²) >= 11 is 0. The summed E-state index contributed by atoms with van der Waals surface area (Å²) in [5, 5.41) is 7.72. The van der Waals surface area contributed by atoms with Gasteiger partial charge in [0.1, 0.15) is 6.54 Å². The van der Waals surface area contributed by atoms with Gasteiger partial charge in [0.15, 0.2) is 0 Å². The van der Waals surface area contributed by atoms with Gasteiger partial charge in [-0.25, -0.2) is 0 Å². The molecule has 0 spiro atoms. The molecular formula is C13H22N4O. The van der Waals surface area contributed by atoms with Crippen LogP contribution in [0.4, 0.5) is 0 Å². The predicted octanol–water partition coefficient (Wildman–Crippen LogP) is 0.709. The van der Waals surface area contributed by atoms with Crippen LogP contribution in [0.5, 0.6) is 0 Å². The van der Waals surface area contributed by atoms with Gasteiger partial charge in [-0.3, -0.25) is 9.48 Å². The number of piperazine rings is 1. The zero-order valence-electron chi connectivity index (χ0n) is 11.6. The Labute approximate surface area is 108 Å². The van der Waals surface area contributed by atoms with E-state index in [1.54, 1.807) is 4.68 Å². The highest BCUT2D eigenvalue weighted by Crippen LogP contribution is 2.09. The van der Waals surface area contributed by atoms with Gasteiger partial charge in [-0.15, -0.1) is 0 Å². The van der Waals surface area contributed by atoms with Gasteiger partial charge in [0, 0.05) is 30.9 Å². The van der Waals surface area contributed by atoms with Crippen LogP contribution < -0.4 is 5.32 Å². The fraction of sp³-hybridized carbons (Fsp3) is 0.692. The first kappa shape index (κ1) is 13.1. The van der Waals surface area contributed by atoms with Crippen LogP contribution in [0.3, 0.4) is 0 Å². The molecule has 1 aromatic rings. The van der Waals surface area contributed by atoms with E-state index in [0.29, 0.717) is 12.6 Å². The van der Waals surface area contributed by atoms with Gasteiger partial charge in [0.2, 0.25) is 5.91 Å². The van der Waals surface area contributed by atoms with Gasteiger partial charge in [-0.1, -0.05) is 0 Å². The minimum Gasteiger partial charge on any atom is -0.336 e. The quantitative estimate of drug-likeness (QED) is 0.841. The third-order valence-corrected chi connectivity index (χ3v) is 3.47. The monoisotopic (exact) mass is 250 g/mol. The van der Waals surface area contributed by atoms with Crippen LogP contribution in [0.2, 0.25) is 0 Å². The molecule has 5 heteroatoms. The Hall–Kier alpha value is -1.36. The summed E-state index contributed by atoms with van der Waals surface area (Å²) in [7, 11) is 0. The molecule has 2 heterocycles. The molecule has 5 nitrogen and oxygen atoms in total. The first-order valence-electron chi connectivity index (χ1n) is 6.51. The summed E-state index contributed by atoms with van der Waals surface area (Å²) in [4.78, 5) is 14.3.